The van der Waals surface area contributed by atoms with Crippen LogP contribution < -0.4 is 15.5 Å². The Balaban J connectivity index is 1.58. The Labute approximate surface area is 165 Å². The summed E-state index contributed by atoms with van der Waals surface area (Å²) < 4.78 is 5.35. The Morgan fingerprint density at radius 1 is 1.21 bits per heavy atom. The molecule has 2 aliphatic heterocycles. The Hall–Kier alpha value is -2.61. The van der Waals surface area contributed by atoms with Gasteiger partial charge >= 0.3 is 6.03 Å². The number of rotatable bonds is 6. The number of urea groups is 1. The number of benzene rings is 1. The highest BCUT2D eigenvalue weighted by atomic mass is 16.5. The third-order valence-electron chi connectivity index (χ3n) is 4.99. The highest BCUT2D eigenvalue weighted by Gasteiger charge is 2.48. The van der Waals surface area contributed by atoms with Crippen LogP contribution in [0.3, 0.4) is 0 Å². The molecule has 28 heavy (non-hydrogen) atoms. The molecule has 0 radical (unpaired) electrons. The lowest BCUT2D eigenvalue weighted by Gasteiger charge is -2.28. The molecule has 2 heterocycles. The molecule has 3 rings (SSSR count). The lowest BCUT2D eigenvalue weighted by atomic mass is 9.91. The van der Waals surface area contributed by atoms with Gasteiger partial charge in [-0.1, -0.05) is 13.8 Å². The van der Waals surface area contributed by atoms with Gasteiger partial charge in [-0.2, -0.15) is 0 Å². The fourth-order valence-corrected chi connectivity index (χ4v) is 3.77. The quantitative estimate of drug-likeness (QED) is 0.726. The topological polar surface area (TPSA) is 91.0 Å². The summed E-state index contributed by atoms with van der Waals surface area (Å²) in [6.07, 6.45) is 0.526. The van der Waals surface area contributed by atoms with E-state index in [1.165, 1.54) is 0 Å². The molecule has 2 aliphatic rings. The molecule has 2 N–H and O–H groups in total. The lowest BCUT2D eigenvalue weighted by Crippen LogP contribution is -2.45. The molecule has 0 bridgehead atoms. The summed E-state index contributed by atoms with van der Waals surface area (Å²) in [6.45, 7) is 8.47. The van der Waals surface area contributed by atoms with Crippen LogP contribution >= 0.6 is 0 Å². The van der Waals surface area contributed by atoms with Gasteiger partial charge in [0.25, 0.3) is 5.91 Å². The summed E-state index contributed by atoms with van der Waals surface area (Å²) in [5.74, 6) is -0.520. The zero-order valence-electron chi connectivity index (χ0n) is 16.7. The fourth-order valence-electron chi connectivity index (χ4n) is 3.77. The molecule has 0 aromatic heterocycles. The van der Waals surface area contributed by atoms with E-state index < -0.39 is 17.5 Å². The standard InChI is InChI=1S/C20H28N4O4/c1-14(2)12-20(3)18(26)24(19(27)22-20)13-17(25)21-15-4-6-16(7-5-15)23-8-10-28-11-9-23/h4-7,14H,8-13H2,1-3H3,(H,21,25)(H,22,27)/t20-/m1/s1. The largest absolute Gasteiger partial charge is 0.378 e. The van der Waals surface area contributed by atoms with E-state index in [4.69, 9.17) is 4.74 Å². The van der Waals surface area contributed by atoms with E-state index in [1.807, 2.05) is 38.1 Å². The predicted octanol–water partition coefficient (Wildman–Crippen LogP) is 1.82. The van der Waals surface area contributed by atoms with Crippen molar-refractivity contribution in [3.05, 3.63) is 24.3 Å². The summed E-state index contributed by atoms with van der Waals surface area (Å²) >= 11 is 0. The minimum Gasteiger partial charge on any atom is -0.378 e. The van der Waals surface area contributed by atoms with Gasteiger partial charge in [0.15, 0.2) is 0 Å². The first-order chi connectivity index (χ1) is 13.3. The van der Waals surface area contributed by atoms with Gasteiger partial charge in [-0.25, -0.2) is 4.79 Å². The molecule has 152 valence electrons. The molecule has 0 saturated carbocycles. The zero-order valence-corrected chi connectivity index (χ0v) is 16.7. The number of ether oxygens (including phenoxy) is 1. The van der Waals surface area contributed by atoms with E-state index in [9.17, 15) is 14.4 Å². The van der Waals surface area contributed by atoms with Gasteiger partial charge < -0.3 is 20.3 Å². The Bertz CT molecular complexity index is 743. The van der Waals surface area contributed by atoms with E-state index >= 15 is 0 Å². The Morgan fingerprint density at radius 3 is 2.46 bits per heavy atom. The molecule has 1 atom stereocenters. The average molecular weight is 388 g/mol. The van der Waals surface area contributed by atoms with Crippen LogP contribution in [-0.4, -0.2) is 61.1 Å². The molecule has 1 aromatic carbocycles. The zero-order chi connectivity index (χ0) is 20.3. The minimum atomic E-state index is -0.953. The third kappa shape index (κ3) is 4.44. The van der Waals surface area contributed by atoms with Crippen LogP contribution in [-0.2, 0) is 14.3 Å². The van der Waals surface area contributed by atoms with Gasteiger partial charge in [0.05, 0.1) is 13.2 Å². The summed E-state index contributed by atoms with van der Waals surface area (Å²) in [5, 5.41) is 5.47. The van der Waals surface area contributed by atoms with Crippen LogP contribution in [0.4, 0.5) is 16.2 Å². The van der Waals surface area contributed by atoms with Crippen molar-refractivity contribution in [3.8, 4) is 0 Å². The molecule has 4 amide bonds. The Morgan fingerprint density at radius 2 is 1.86 bits per heavy atom. The fraction of sp³-hybridized carbons (Fsp3) is 0.550. The number of nitrogens with zero attached hydrogens (tertiary/aromatic N) is 2. The summed E-state index contributed by atoms with van der Waals surface area (Å²) in [6, 6.07) is 6.99. The normalized spacial score (nSPS) is 22.6. The van der Waals surface area contributed by atoms with Crippen molar-refractivity contribution in [2.45, 2.75) is 32.7 Å². The number of morpholine rings is 1. The second kappa shape index (κ2) is 8.18. The maximum atomic E-state index is 12.6. The number of amides is 4. The SMILES string of the molecule is CC(C)C[C@@]1(C)NC(=O)N(CC(=O)Nc2ccc(N3CCOCC3)cc2)C1=O. The average Bonchev–Trinajstić information content (AvgIpc) is 2.85. The van der Waals surface area contributed by atoms with Crippen molar-refractivity contribution in [2.75, 3.05) is 43.1 Å². The number of anilines is 2. The molecule has 2 saturated heterocycles. The number of imide groups is 1. The van der Waals surface area contributed by atoms with Crippen LogP contribution in [0.2, 0.25) is 0 Å². The molecule has 0 aliphatic carbocycles. The lowest BCUT2D eigenvalue weighted by molar-refractivity contribution is -0.133. The molecular formula is C20H28N4O4. The van der Waals surface area contributed by atoms with Gasteiger partial charge in [0.1, 0.15) is 12.1 Å². The third-order valence-corrected chi connectivity index (χ3v) is 4.99. The smallest absolute Gasteiger partial charge is 0.325 e. The van der Waals surface area contributed by atoms with Gasteiger partial charge in [0, 0.05) is 24.5 Å². The van der Waals surface area contributed by atoms with Gasteiger partial charge in [-0.05, 0) is 43.5 Å². The van der Waals surface area contributed by atoms with Crippen molar-refractivity contribution in [2.24, 2.45) is 5.92 Å². The number of hydrogen-bond acceptors (Lipinski definition) is 5. The predicted molar refractivity (Wildman–Crippen MR) is 106 cm³/mol. The van der Waals surface area contributed by atoms with Crippen molar-refractivity contribution < 1.29 is 19.1 Å². The van der Waals surface area contributed by atoms with Crippen LogP contribution in [0.25, 0.3) is 0 Å². The monoisotopic (exact) mass is 388 g/mol. The maximum Gasteiger partial charge on any atom is 0.325 e. The number of carbonyl (C=O) groups excluding carboxylic acids is 3. The first kappa shape index (κ1) is 20.1. The molecule has 8 heteroatoms. The van der Waals surface area contributed by atoms with E-state index in [0.717, 1.165) is 23.7 Å². The van der Waals surface area contributed by atoms with Crippen molar-refractivity contribution in [1.82, 2.24) is 10.2 Å². The minimum absolute atomic E-state index is 0.244. The Kier molecular flexibility index (Phi) is 5.88. The van der Waals surface area contributed by atoms with Gasteiger partial charge in [0.2, 0.25) is 5.91 Å². The number of hydrogen-bond donors (Lipinski definition) is 2. The van der Waals surface area contributed by atoms with Crippen LogP contribution in [0.15, 0.2) is 24.3 Å². The molecule has 8 nitrogen and oxygen atoms in total. The summed E-state index contributed by atoms with van der Waals surface area (Å²) in [4.78, 5) is 40.4. The summed E-state index contributed by atoms with van der Waals surface area (Å²) in [5.41, 5.74) is 0.740. The summed E-state index contributed by atoms with van der Waals surface area (Å²) in [7, 11) is 0. The van der Waals surface area contributed by atoms with Crippen LogP contribution in [0, 0.1) is 5.92 Å². The van der Waals surface area contributed by atoms with Crippen LogP contribution in [0.1, 0.15) is 27.2 Å². The maximum absolute atomic E-state index is 12.6. The van der Waals surface area contributed by atoms with E-state index in [0.29, 0.717) is 25.3 Å². The van der Waals surface area contributed by atoms with E-state index in [1.54, 1.807) is 6.92 Å². The highest BCUT2D eigenvalue weighted by Crippen LogP contribution is 2.25. The van der Waals surface area contributed by atoms with Gasteiger partial charge in [-0.3, -0.25) is 14.5 Å². The molecule has 2 fully saturated rings. The molecule has 0 spiro atoms. The first-order valence-corrected chi connectivity index (χ1v) is 9.65. The van der Waals surface area contributed by atoms with Gasteiger partial charge in [-0.15, -0.1) is 0 Å². The van der Waals surface area contributed by atoms with E-state index in [-0.39, 0.29) is 18.4 Å². The second-order valence-electron chi connectivity index (χ2n) is 7.95. The van der Waals surface area contributed by atoms with Crippen molar-refractivity contribution in [1.29, 1.82) is 0 Å². The van der Waals surface area contributed by atoms with Crippen molar-refractivity contribution >= 4 is 29.2 Å². The van der Waals surface area contributed by atoms with Crippen LogP contribution in [0.5, 0.6) is 0 Å². The number of nitrogens with one attached hydrogen (secondary N) is 2. The molecule has 0 unspecified atom stereocenters. The highest BCUT2D eigenvalue weighted by molar-refractivity contribution is 6.09. The van der Waals surface area contributed by atoms with E-state index in [2.05, 4.69) is 15.5 Å². The second-order valence-corrected chi connectivity index (χ2v) is 7.95. The molecule has 1 aromatic rings. The first-order valence-electron chi connectivity index (χ1n) is 9.65. The molecular weight excluding hydrogens is 360 g/mol. The number of carbonyl (C=O) groups is 3. The van der Waals surface area contributed by atoms with Crippen molar-refractivity contribution in [3.63, 3.8) is 0 Å².